The van der Waals surface area contributed by atoms with E-state index in [0.717, 1.165) is 29.8 Å². The summed E-state index contributed by atoms with van der Waals surface area (Å²) < 4.78 is 0. The van der Waals surface area contributed by atoms with Gasteiger partial charge < -0.3 is 4.98 Å². The van der Waals surface area contributed by atoms with Crippen molar-refractivity contribution in [3.63, 3.8) is 0 Å². The van der Waals surface area contributed by atoms with Crippen molar-refractivity contribution < 1.29 is 0 Å². The molecule has 4 nitrogen and oxygen atoms in total. The molecule has 0 bridgehead atoms. The molecule has 0 fully saturated rings. The maximum atomic E-state index is 8.84. The first kappa shape index (κ1) is 12.6. The molecule has 0 radical (unpaired) electrons. The van der Waals surface area contributed by atoms with Crippen molar-refractivity contribution in [2.75, 3.05) is 13.6 Å². The van der Waals surface area contributed by atoms with Crippen molar-refractivity contribution in [3.05, 3.63) is 29.6 Å². The Balaban J connectivity index is 2.06. The molecular weight excluding hydrogens is 224 g/mol. The predicted molar refractivity (Wildman–Crippen MR) is 72.2 cm³/mol. The Labute approximate surface area is 107 Å². The van der Waals surface area contributed by atoms with Gasteiger partial charge >= 0.3 is 0 Å². The molecule has 0 saturated carbocycles. The van der Waals surface area contributed by atoms with Crippen LogP contribution in [0.1, 0.15) is 18.3 Å². The lowest BCUT2D eigenvalue weighted by Crippen LogP contribution is -2.29. The van der Waals surface area contributed by atoms with Crippen LogP contribution in [-0.4, -0.2) is 34.5 Å². The molecule has 1 aromatic carbocycles. The average molecular weight is 242 g/mol. The van der Waals surface area contributed by atoms with Gasteiger partial charge in [0.25, 0.3) is 0 Å². The van der Waals surface area contributed by atoms with Crippen LogP contribution in [0.5, 0.6) is 0 Å². The largest absolute Gasteiger partial charge is 0.342 e. The van der Waals surface area contributed by atoms with Gasteiger partial charge in [0.15, 0.2) is 0 Å². The molecule has 0 saturated heterocycles. The van der Waals surface area contributed by atoms with Crippen molar-refractivity contribution >= 4 is 11.0 Å². The highest BCUT2D eigenvalue weighted by atomic mass is 15.1. The van der Waals surface area contributed by atoms with Crippen LogP contribution < -0.4 is 0 Å². The monoisotopic (exact) mass is 242 g/mol. The maximum Gasteiger partial charge on any atom is 0.104 e. The Morgan fingerprint density at radius 3 is 3.00 bits per heavy atom. The molecule has 0 aliphatic carbocycles. The van der Waals surface area contributed by atoms with Gasteiger partial charge in [-0.2, -0.15) is 5.26 Å². The van der Waals surface area contributed by atoms with Crippen LogP contribution in [0.25, 0.3) is 11.0 Å². The fraction of sp³-hybridized carbons (Fsp3) is 0.429. The van der Waals surface area contributed by atoms with E-state index in [1.165, 1.54) is 5.56 Å². The predicted octanol–water partition coefficient (Wildman–Crippen LogP) is 2.26. The van der Waals surface area contributed by atoms with Crippen LogP contribution in [0.3, 0.4) is 0 Å². The van der Waals surface area contributed by atoms with Gasteiger partial charge in [-0.1, -0.05) is 6.07 Å². The summed E-state index contributed by atoms with van der Waals surface area (Å²) in [5.74, 6) is 0.942. The quantitative estimate of drug-likeness (QED) is 0.894. The Hall–Kier alpha value is -1.86. The zero-order chi connectivity index (χ0) is 13.1. The van der Waals surface area contributed by atoms with Crippen LogP contribution in [0.2, 0.25) is 0 Å². The number of benzene rings is 1. The number of fused-ring (bicyclic) bond motifs is 1. The van der Waals surface area contributed by atoms with Gasteiger partial charge in [-0.15, -0.1) is 0 Å². The van der Waals surface area contributed by atoms with E-state index in [-0.39, 0.29) is 6.04 Å². The fourth-order valence-corrected chi connectivity index (χ4v) is 1.94. The number of hydrogen-bond donors (Lipinski definition) is 1. The number of nitriles is 1. The number of imidazole rings is 1. The minimum absolute atomic E-state index is 0.0388. The lowest BCUT2D eigenvalue weighted by Gasteiger charge is -2.18. The summed E-state index contributed by atoms with van der Waals surface area (Å²) in [4.78, 5) is 9.68. The molecule has 0 spiro atoms. The molecule has 0 aliphatic heterocycles. The van der Waals surface area contributed by atoms with Gasteiger partial charge in [-0.05, 0) is 45.0 Å². The number of H-pyrrole nitrogens is 1. The Kier molecular flexibility index (Phi) is 3.63. The molecular formula is C14H18N4. The topological polar surface area (TPSA) is 55.7 Å². The highest BCUT2D eigenvalue weighted by Gasteiger charge is 2.07. The Morgan fingerprint density at radius 1 is 1.50 bits per heavy atom. The van der Waals surface area contributed by atoms with E-state index in [1.807, 2.05) is 27.0 Å². The second-order valence-corrected chi connectivity index (χ2v) is 4.71. The van der Waals surface area contributed by atoms with Gasteiger partial charge in [0.2, 0.25) is 0 Å². The number of rotatable bonds is 4. The van der Waals surface area contributed by atoms with Crippen LogP contribution in [0.4, 0.5) is 0 Å². The molecule has 1 N–H and O–H groups in total. The van der Waals surface area contributed by atoms with E-state index < -0.39 is 0 Å². The zero-order valence-corrected chi connectivity index (χ0v) is 11.1. The van der Waals surface area contributed by atoms with E-state index >= 15 is 0 Å². The van der Waals surface area contributed by atoms with Crippen LogP contribution in [0, 0.1) is 18.3 Å². The van der Waals surface area contributed by atoms with Crippen molar-refractivity contribution in [2.45, 2.75) is 26.3 Å². The first-order valence-corrected chi connectivity index (χ1v) is 6.15. The summed E-state index contributed by atoms with van der Waals surface area (Å²) in [5, 5.41) is 8.84. The van der Waals surface area contributed by atoms with Crippen molar-refractivity contribution in [1.82, 2.24) is 14.9 Å². The second-order valence-electron chi connectivity index (χ2n) is 4.71. The summed E-state index contributed by atoms with van der Waals surface area (Å²) in [7, 11) is 1.98. The third-order valence-corrected chi connectivity index (χ3v) is 3.27. The summed E-state index contributed by atoms with van der Waals surface area (Å²) in [6.07, 6.45) is 0.941. The van der Waals surface area contributed by atoms with E-state index in [9.17, 15) is 0 Å². The number of aryl methyl sites for hydroxylation is 1. The number of nitrogens with one attached hydrogen (secondary N) is 1. The van der Waals surface area contributed by atoms with Gasteiger partial charge in [0, 0.05) is 6.54 Å². The van der Waals surface area contributed by atoms with Crippen LogP contribution >= 0.6 is 0 Å². The molecule has 0 aliphatic rings. The lowest BCUT2D eigenvalue weighted by atomic mass is 10.1. The molecule has 1 aromatic heterocycles. The average Bonchev–Trinajstić information content (AvgIpc) is 2.74. The minimum atomic E-state index is -0.0388. The highest BCUT2D eigenvalue weighted by Crippen LogP contribution is 2.14. The van der Waals surface area contributed by atoms with E-state index in [4.69, 9.17) is 5.26 Å². The SMILES string of the molecule is Cc1nc2ccc(CCN(C)C(C)C#N)cc2[nH]1. The van der Waals surface area contributed by atoms with Crippen molar-refractivity contribution in [1.29, 1.82) is 5.26 Å². The number of nitrogens with zero attached hydrogens (tertiary/aromatic N) is 3. The Bertz CT molecular complexity index is 579. The molecule has 2 aromatic rings. The van der Waals surface area contributed by atoms with Gasteiger partial charge in [-0.3, -0.25) is 4.90 Å². The smallest absolute Gasteiger partial charge is 0.104 e. The molecule has 1 atom stereocenters. The summed E-state index contributed by atoms with van der Waals surface area (Å²) in [5.41, 5.74) is 3.36. The normalized spacial score (nSPS) is 12.8. The molecule has 1 unspecified atom stereocenters. The van der Waals surface area contributed by atoms with Crippen molar-refractivity contribution in [3.8, 4) is 6.07 Å². The molecule has 0 amide bonds. The first-order chi connectivity index (χ1) is 8.60. The van der Waals surface area contributed by atoms with E-state index in [0.29, 0.717) is 0 Å². The van der Waals surface area contributed by atoms with Crippen LogP contribution in [-0.2, 0) is 6.42 Å². The summed E-state index contributed by atoms with van der Waals surface area (Å²) in [6.45, 7) is 4.76. The Morgan fingerprint density at radius 2 is 2.28 bits per heavy atom. The molecule has 4 heteroatoms. The van der Waals surface area contributed by atoms with Gasteiger partial charge in [-0.25, -0.2) is 4.98 Å². The van der Waals surface area contributed by atoms with Gasteiger partial charge in [0.05, 0.1) is 23.1 Å². The number of aromatic nitrogens is 2. The number of likely N-dealkylation sites (N-methyl/N-ethyl adjacent to an activating group) is 1. The number of aromatic amines is 1. The lowest BCUT2D eigenvalue weighted by molar-refractivity contribution is 0.306. The molecule has 1 heterocycles. The van der Waals surface area contributed by atoms with E-state index in [2.05, 4.69) is 33.1 Å². The summed E-state index contributed by atoms with van der Waals surface area (Å²) in [6, 6.07) is 8.49. The van der Waals surface area contributed by atoms with E-state index in [1.54, 1.807) is 0 Å². The standard InChI is InChI=1S/C14H18N4/c1-10(9-15)18(3)7-6-12-4-5-13-14(8-12)17-11(2)16-13/h4-5,8,10H,6-7H2,1-3H3,(H,16,17). The molecule has 2 rings (SSSR count). The molecule has 18 heavy (non-hydrogen) atoms. The summed E-state index contributed by atoms with van der Waals surface area (Å²) >= 11 is 0. The molecule has 94 valence electrons. The third kappa shape index (κ3) is 2.69. The second kappa shape index (κ2) is 5.19. The zero-order valence-electron chi connectivity index (χ0n) is 11.1. The highest BCUT2D eigenvalue weighted by molar-refractivity contribution is 5.75. The van der Waals surface area contributed by atoms with Gasteiger partial charge in [0.1, 0.15) is 5.82 Å². The fourth-order valence-electron chi connectivity index (χ4n) is 1.94. The number of hydrogen-bond acceptors (Lipinski definition) is 3. The van der Waals surface area contributed by atoms with Crippen molar-refractivity contribution in [2.24, 2.45) is 0 Å². The maximum absolute atomic E-state index is 8.84. The minimum Gasteiger partial charge on any atom is -0.342 e. The van der Waals surface area contributed by atoms with Crippen LogP contribution in [0.15, 0.2) is 18.2 Å². The first-order valence-electron chi connectivity index (χ1n) is 6.15. The third-order valence-electron chi connectivity index (χ3n) is 3.27.